The summed E-state index contributed by atoms with van der Waals surface area (Å²) in [5, 5.41) is 0. The van der Waals surface area contributed by atoms with Gasteiger partial charge in [0, 0.05) is 0 Å². The molecule has 108 valence electrons. The molecule has 20 heavy (non-hydrogen) atoms. The van der Waals surface area contributed by atoms with E-state index < -0.39 is 11.9 Å². The number of ether oxygens (including phenoxy) is 2. The summed E-state index contributed by atoms with van der Waals surface area (Å²) in [4.78, 5) is 23.7. The van der Waals surface area contributed by atoms with E-state index in [0.29, 0.717) is 16.7 Å². The second-order valence-corrected chi connectivity index (χ2v) is 4.91. The summed E-state index contributed by atoms with van der Waals surface area (Å²) in [6.07, 6.45) is 1.12. The summed E-state index contributed by atoms with van der Waals surface area (Å²) in [6, 6.07) is 4.68. The molecule has 0 N–H and O–H groups in total. The van der Waals surface area contributed by atoms with Crippen molar-refractivity contribution in [3.63, 3.8) is 0 Å². The molecular weight excluding hydrogens is 256 g/mol. The SMILES string of the molecule is C=Cc1cc(C(=O)OC(C)C)ccc1C(=O)OC(C)C. The monoisotopic (exact) mass is 276 g/mol. The first-order valence-electron chi connectivity index (χ1n) is 6.53. The largest absolute Gasteiger partial charge is 0.459 e. The van der Waals surface area contributed by atoms with Crippen molar-refractivity contribution in [3.05, 3.63) is 41.5 Å². The van der Waals surface area contributed by atoms with Crippen LogP contribution in [0.2, 0.25) is 0 Å². The van der Waals surface area contributed by atoms with Crippen molar-refractivity contribution in [1.29, 1.82) is 0 Å². The van der Waals surface area contributed by atoms with E-state index >= 15 is 0 Å². The van der Waals surface area contributed by atoms with Crippen LogP contribution in [0.1, 0.15) is 54.0 Å². The number of carbonyl (C=O) groups excluding carboxylic acids is 2. The van der Waals surface area contributed by atoms with Crippen LogP contribution in [0.25, 0.3) is 6.08 Å². The van der Waals surface area contributed by atoms with Crippen molar-refractivity contribution in [3.8, 4) is 0 Å². The lowest BCUT2D eigenvalue weighted by Gasteiger charge is -2.12. The normalized spacial score (nSPS) is 10.5. The third-order valence-electron chi connectivity index (χ3n) is 2.41. The van der Waals surface area contributed by atoms with Gasteiger partial charge in [0.2, 0.25) is 0 Å². The van der Waals surface area contributed by atoms with Crippen LogP contribution < -0.4 is 0 Å². The zero-order chi connectivity index (χ0) is 15.3. The molecule has 0 saturated carbocycles. The van der Waals surface area contributed by atoms with Gasteiger partial charge in [-0.1, -0.05) is 12.7 Å². The van der Waals surface area contributed by atoms with Crippen LogP contribution >= 0.6 is 0 Å². The van der Waals surface area contributed by atoms with Crippen LogP contribution in [-0.4, -0.2) is 24.1 Å². The number of rotatable bonds is 5. The minimum atomic E-state index is -0.432. The molecule has 4 nitrogen and oxygen atoms in total. The van der Waals surface area contributed by atoms with Crippen LogP contribution in [0.15, 0.2) is 24.8 Å². The Morgan fingerprint density at radius 1 is 1.05 bits per heavy atom. The molecule has 1 aromatic carbocycles. The molecule has 0 saturated heterocycles. The van der Waals surface area contributed by atoms with E-state index in [2.05, 4.69) is 6.58 Å². The van der Waals surface area contributed by atoms with Gasteiger partial charge in [0.1, 0.15) is 0 Å². The van der Waals surface area contributed by atoms with Crippen molar-refractivity contribution in [2.45, 2.75) is 39.9 Å². The van der Waals surface area contributed by atoms with Crippen LogP contribution in [0.4, 0.5) is 0 Å². The molecule has 0 bridgehead atoms. The summed E-state index contributed by atoms with van der Waals surface area (Å²) >= 11 is 0. The van der Waals surface area contributed by atoms with Crippen LogP contribution in [0.3, 0.4) is 0 Å². The lowest BCUT2D eigenvalue weighted by Crippen LogP contribution is -2.15. The van der Waals surface area contributed by atoms with Crippen molar-refractivity contribution in [2.24, 2.45) is 0 Å². The van der Waals surface area contributed by atoms with Crippen molar-refractivity contribution < 1.29 is 19.1 Å². The number of esters is 2. The highest BCUT2D eigenvalue weighted by molar-refractivity contribution is 5.97. The molecule has 4 heteroatoms. The van der Waals surface area contributed by atoms with Gasteiger partial charge < -0.3 is 9.47 Å². The standard InChI is InChI=1S/C16H20O4/c1-6-12-9-13(15(17)19-10(2)3)7-8-14(12)16(18)20-11(4)5/h6-11H,1H2,2-5H3. The Bertz CT molecular complexity index is 515. The second kappa shape index (κ2) is 6.89. The summed E-state index contributed by atoms with van der Waals surface area (Å²) in [7, 11) is 0. The molecule has 0 aliphatic rings. The molecule has 0 spiro atoms. The Balaban J connectivity index is 3.05. The lowest BCUT2D eigenvalue weighted by atomic mass is 10.0. The first-order valence-corrected chi connectivity index (χ1v) is 6.53. The van der Waals surface area contributed by atoms with Gasteiger partial charge in [0.25, 0.3) is 0 Å². The first kappa shape index (κ1) is 16.0. The van der Waals surface area contributed by atoms with Gasteiger partial charge in [0.15, 0.2) is 0 Å². The van der Waals surface area contributed by atoms with E-state index in [9.17, 15) is 9.59 Å². The average molecular weight is 276 g/mol. The van der Waals surface area contributed by atoms with Gasteiger partial charge in [-0.3, -0.25) is 0 Å². The Kier molecular flexibility index (Phi) is 5.50. The number of hydrogen-bond acceptors (Lipinski definition) is 4. The number of hydrogen-bond donors (Lipinski definition) is 0. The Labute approximate surface area is 119 Å². The molecule has 0 aromatic heterocycles. The van der Waals surface area contributed by atoms with Crippen molar-refractivity contribution in [1.82, 2.24) is 0 Å². The van der Waals surface area contributed by atoms with Gasteiger partial charge in [-0.25, -0.2) is 9.59 Å². The number of carbonyl (C=O) groups is 2. The third kappa shape index (κ3) is 4.23. The minimum absolute atomic E-state index is 0.194. The van der Waals surface area contributed by atoms with E-state index in [1.54, 1.807) is 45.9 Å². The molecular formula is C16H20O4. The van der Waals surface area contributed by atoms with E-state index in [0.717, 1.165) is 0 Å². The molecule has 0 heterocycles. The van der Waals surface area contributed by atoms with Crippen LogP contribution in [0, 0.1) is 0 Å². The van der Waals surface area contributed by atoms with Gasteiger partial charge >= 0.3 is 11.9 Å². The zero-order valence-corrected chi connectivity index (χ0v) is 12.3. The Hall–Kier alpha value is -2.10. The van der Waals surface area contributed by atoms with Gasteiger partial charge in [-0.05, 0) is 51.5 Å². The van der Waals surface area contributed by atoms with Gasteiger partial charge in [0.05, 0.1) is 23.3 Å². The summed E-state index contributed by atoms with van der Waals surface area (Å²) in [5.74, 6) is -0.856. The van der Waals surface area contributed by atoms with Crippen molar-refractivity contribution in [2.75, 3.05) is 0 Å². The fourth-order valence-electron chi connectivity index (χ4n) is 1.60. The fraction of sp³-hybridized carbons (Fsp3) is 0.375. The molecule has 0 unspecified atom stereocenters. The van der Waals surface area contributed by atoms with E-state index in [4.69, 9.17) is 9.47 Å². The van der Waals surface area contributed by atoms with Gasteiger partial charge in [-0.15, -0.1) is 0 Å². The molecule has 0 radical (unpaired) electrons. The zero-order valence-electron chi connectivity index (χ0n) is 12.3. The minimum Gasteiger partial charge on any atom is -0.459 e. The molecule has 0 aliphatic carbocycles. The highest BCUT2D eigenvalue weighted by atomic mass is 16.5. The molecule has 0 amide bonds. The van der Waals surface area contributed by atoms with Crippen LogP contribution in [0.5, 0.6) is 0 Å². The van der Waals surface area contributed by atoms with Crippen LogP contribution in [-0.2, 0) is 9.47 Å². The summed E-state index contributed by atoms with van der Waals surface area (Å²) in [5.41, 5.74) is 1.32. The maximum atomic E-state index is 11.9. The van der Waals surface area contributed by atoms with E-state index in [-0.39, 0.29) is 12.2 Å². The quantitative estimate of drug-likeness (QED) is 0.773. The lowest BCUT2D eigenvalue weighted by molar-refractivity contribution is 0.0361. The average Bonchev–Trinajstić information content (AvgIpc) is 2.36. The predicted molar refractivity (Wildman–Crippen MR) is 77.6 cm³/mol. The molecule has 1 aromatic rings. The molecule has 0 aliphatic heterocycles. The maximum absolute atomic E-state index is 11.9. The maximum Gasteiger partial charge on any atom is 0.338 e. The van der Waals surface area contributed by atoms with E-state index in [1.165, 1.54) is 6.08 Å². The molecule has 0 atom stereocenters. The molecule has 0 fully saturated rings. The Morgan fingerprint density at radius 3 is 2.10 bits per heavy atom. The van der Waals surface area contributed by atoms with Gasteiger partial charge in [-0.2, -0.15) is 0 Å². The Morgan fingerprint density at radius 2 is 1.60 bits per heavy atom. The highest BCUT2D eigenvalue weighted by Crippen LogP contribution is 2.17. The van der Waals surface area contributed by atoms with E-state index in [1.807, 2.05) is 0 Å². The number of benzene rings is 1. The topological polar surface area (TPSA) is 52.6 Å². The fourth-order valence-corrected chi connectivity index (χ4v) is 1.60. The second-order valence-electron chi connectivity index (χ2n) is 4.91. The highest BCUT2D eigenvalue weighted by Gasteiger charge is 2.16. The smallest absolute Gasteiger partial charge is 0.338 e. The first-order chi connectivity index (χ1) is 9.35. The molecule has 1 rings (SSSR count). The predicted octanol–water partition coefficient (Wildman–Crippen LogP) is 3.46. The van der Waals surface area contributed by atoms with Crippen molar-refractivity contribution >= 4 is 18.0 Å². The summed E-state index contributed by atoms with van der Waals surface area (Å²) < 4.78 is 10.3. The third-order valence-corrected chi connectivity index (χ3v) is 2.41. The summed E-state index contributed by atoms with van der Waals surface area (Å²) in [6.45, 7) is 10.8.